The number of carbonyl (C=O) groups is 1. The van der Waals surface area contributed by atoms with Crippen LogP contribution >= 0.6 is 0 Å². The lowest BCUT2D eigenvalue weighted by Crippen LogP contribution is -2.31. The summed E-state index contributed by atoms with van der Waals surface area (Å²) in [4.78, 5) is 9.82. The molecule has 2 aliphatic heterocycles. The first-order chi connectivity index (χ1) is 32.9. The molecule has 0 amide bonds. The van der Waals surface area contributed by atoms with E-state index in [1.807, 2.05) is 4.58 Å². The van der Waals surface area contributed by atoms with Crippen molar-refractivity contribution in [1.82, 2.24) is 4.72 Å². The Balaban J connectivity index is 1.62. The molecule has 0 saturated carbocycles. The van der Waals surface area contributed by atoms with E-state index in [-0.39, 0.29) is 79.2 Å². The molecular formula is C45H52N3O18S5-3. The van der Waals surface area contributed by atoms with Crippen molar-refractivity contribution in [3.8, 4) is 0 Å². The summed E-state index contributed by atoms with van der Waals surface area (Å²) in [6, 6.07) is 9.28. The number of ether oxygens (including phenoxy) is 2. The average Bonchev–Trinajstić information content (AvgIpc) is 3.62. The summed E-state index contributed by atoms with van der Waals surface area (Å²) in [6.07, 6.45) is 5.81. The average molecular weight is 1080 g/mol. The minimum Gasteiger partial charge on any atom is -0.748 e. The second kappa shape index (κ2) is 20.7. The fourth-order valence-corrected chi connectivity index (χ4v) is 13.4. The molecule has 0 radical (unpaired) electrons. The van der Waals surface area contributed by atoms with Crippen molar-refractivity contribution >= 4 is 95.1 Å². The van der Waals surface area contributed by atoms with E-state index >= 15 is 0 Å². The molecular weight excluding hydrogens is 1030 g/mol. The van der Waals surface area contributed by atoms with Gasteiger partial charge < -0.3 is 37.7 Å². The summed E-state index contributed by atoms with van der Waals surface area (Å²) in [6.45, 7) is 5.48. The van der Waals surface area contributed by atoms with E-state index in [2.05, 4.69) is 4.72 Å². The van der Waals surface area contributed by atoms with Crippen molar-refractivity contribution in [3.63, 3.8) is 0 Å². The van der Waals surface area contributed by atoms with Gasteiger partial charge in [-0.3, -0.25) is 4.79 Å². The van der Waals surface area contributed by atoms with Crippen LogP contribution in [0.5, 0.6) is 0 Å². The molecule has 1 atom stereocenters. The summed E-state index contributed by atoms with van der Waals surface area (Å²) in [5, 5.41) is 9.18. The molecule has 26 heteroatoms. The van der Waals surface area contributed by atoms with Crippen LogP contribution in [-0.2, 0) is 75.6 Å². The van der Waals surface area contributed by atoms with Crippen LogP contribution in [0.3, 0.4) is 0 Å². The van der Waals surface area contributed by atoms with Gasteiger partial charge in [-0.15, -0.1) is 0 Å². The van der Waals surface area contributed by atoms with Crippen LogP contribution in [-0.4, -0.2) is 134 Å². The number of unbranched alkanes of at least 4 members (excludes halogenated alkanes) is 2. The standard InChI is InChI=1S/C45H55N3O18S5/c1-44(2)39(47(20-8-6-7-13-41(49)50)35-16-14-31-33(42(35)44)25-29(69(56,57)58)27-37(31)68(54,55)46-19-22-65-4)11-9-12-40-45(3,18-10-24-67(51,52)53)43-34-26-30(70(59,60)61)28-38(71(62,63)64)32(34)15-17-36(43)48(40)21-23-66-5/h9,11-12,14-17,25-28,46H,6-8,10,13,18-24H2,1-5H3,(H4-,49,50,51,52,53,56,57,58,59,60,61,62,63,64)/p-3. The Labute approximate surface area is 412 Å². The quantitative estimate of drug-likeness (QED) is 0.0605. The third kappa shape index (κ3) is 11.7. The van der Waals surface area contributed by atoms with E-state index in [0.717, 1.165) is 18.2 Å². The summed E-state index contributed by atoms with van der Waals surface area (Å²) < 4.78 is 191. The highest BCUT2D eigenvalue weighted by atomic mass is 32.2. The number of methoxy groups -OCH3 is 2. The molecule has 388 valence electrons. The summed E-state index contributed by atoms with van der Waals surface area (Å²) in [7, 11) is -22.5. The molecule has 6 rings (SSSR count). The second-order valence-corrected chi connectivity index (χ2v) is 25.2. The van der Waals surface area contributed by atoms with E-state index in [0.29, 0.717) is 53.7 Å². The predicted octanol–water partition coefficient (Wildman–Crippen LogP) is 3.84. The van der Waals surface area contributed by atoms with E-state index in [1.165, 1.54) is 32.4 Å². The highest BCUT2D eigenvalue weighted by Gasteiger charge is 2.47. The molecule has 0 bridgehead atoms. The van der Waals surface area contributed by atoms with Gasteiger partial charge >= 0.3 is 5.97 Å². The third-order valence-corrected chi connectivity index (χ3v) is 17.5. The Bertz CT molecular complexity index is 3480. The number of benzene rings is 4. The maximum Gasteiger partial charge on any atom is 0.303 e. The van der Waals surface area contributed by atoms with E-state index < -0.39 is 92.6 Å². The summed E-state index contributed by atoms with van der Waals surface area (Å²) >= 11 is 0. The number of hydrogen-bond acceptors (Lipinski definition) is 18. The molecule has 2 aliphatic rings. The van der Waals surface area contributed by atoms with E-state index in [4.69, 9.17) is 9.47 Å². The minimum absolute atomic E-state index is 0.0191. The van der Waals surface area contributed by atoms with Crippen LogP contribution in [0, 0.1) is 0 Å². The lowest BCUT2D eigenvalue weighted by molar-refractivity contribution is -0.438. The van der Waals surface area contributed by atoms with Gasteiger partial charge in [-0.1, -0.05) is 12.1 Å². The second-order valence-electron chi connectivity index (χ2n) is 17.8. The number of aliphatic carboxylic acids is 1. The van der Waals surface area contributed by atoms with Crippen LogP contribution in [0.15, 0.2) is 92.0 Å². The molecule has 2 N–H and O–H groups in total. The molecule has 2 heterocycles. The largest absolute Gasteiger partial charge is 0.748 e. The van der Waals surface area contributed by atoms with E-state index in [9.17, 15) is 70.2 Å². The van der Waals surface area contributed by atoms with Gasteiger partial charge in [0.1, 0.15) is 36.9 Å². The molecule has 1 unspecified atom stereocenters. The van der Waals surface area contributed by atoms with Crippen molar-refractivity contribution in [2.75, 3.05) is 57.7 Å². The van der Waals surface area contributed by atoms with Crippen LogP contribution in [0.1, 0.15) is 70.4 Å². The van der Waals surface area contributed by atoms with Crippen LogP contribution in [0.2, 0.25) is 0 Å². The Kier molecular flexibility index (Phi) is 16.2. The molecule has 0 aliphatic carbocycles. The van der Waals surface area contributed by atoms with Crippen molar-refractivity contribution in [2.45, 2.75) is 89.7 Å². The number of nitrogens with one attached hydrogen (secondary N) is 1. The fraction of sp³-hybridized carbons (Fsp3) is 0.422. The van der Waals surface area contributed by atoms with E-state index in [1.54, 1.807) is 50.0 Å². The van der Waals surface area contributed by atoms with Gasteiger partial charge in [0.15, 0.2) is 5.71 Å². The highest BCUT2D eigenvalue weighted by molar-refractivity contribution is 7.90. The van der Waals surface area contributed by atoms with Gasteiger partial charge in [0.05, 0.1) is 48.3 Å². The Morgan fingerprint density at radius 3 is 1.90 bits per heavy atom. The summed E-state index contributed by atoms with van der Waals surface area (Å²) in [5.74, 6) is -1.81. The normalized spacial score (nSPS) is 18.1. The third-order valence-electron chi connectivity index (χ3n) is 12.7. The number of rotatable bonds is 23. The van der Waals surface area contributed by atoms with Gasteiger partial charge in [0, 0.05) is 85.8 Å². The Hall–Kier alpha value is -4.71. The molecule has 4 aromatic rings. The fourth-order valence-electron chi connectivity index (χ4n) is 9.68. The molecule has 4 aromatic carbocycles. The number of anilines is 1. The molecule has 21 nitrogen and oxygen atoms in total. The number of fused-ring (bicyclic) bond motifs is 6. The molecule has 0 aromatic heterocycles. The molecule has 0 saturated heterocycles. The van der Waals surface area contributed by atoms with Crippen molar-refractivity contribution in [1.29, 1.82) is 0 Å². The van der Waals surface area contributed by atoms with Gasteiger partial charge in [0.2, 0.25) is 15.7 Å². The first-order valence-corrected chi connectivity index (χ1v) is 29.2. The SMILES string of the molecule is COCCNS(=O)(=O)c1cc(S(=O)(=O)[O-])cc2c3c(ccc12)[N+](CCCCCC(=O)O)=C(/C=C/C=C1/N(CCOC)c2ccc4c(S(=O)(=O)[O-])cc(S(=O)(=O)[O-])cc4c2C1(C)CCCS(=O)(=O)[O-])C3(C)C. The highest BCUT2D eigenvalue weighted by Crippen LogP contribution is 2.54. The molecule has 71 heavy (non-hydrogen) atoms. The van der Waals surface area contributed by atoms with Gasteiger partial charge in [-0.25, -0.2) is 46.8 Å². The summed E-state index contributed by atoms with van der Waals surface area (Å²) in [5.41, 5.74) is -0.0349. The number of hydrogen-bond donors (Lipinski definition) is 2. The van der Waals surface area contributed by atoms with Crippen LogP contribution < -0.4 is 9.62 Å². The Morgan fingerprint density at radius 1 is 0.732 bits per heavy atom. The van der Waals surface area contributed by atoms with Gasteiger partial charge in [-0.05, 0) is 111 Å². The predicted molar refractivity (Wildman–Crippen MR) is 255 cm³/mol. The minimum atomic E-state index is -5.41. The van der Waals surface area contributed by atoms with Crippen molar-refractivity contribution in [2.24, 2.45) is 0 Å². The van der Waals surface area contributed by atoms with Crippen molar-refractivity contribution in [3.05, 3.63) is 83.6 Å². The molecule has 0 fully saturated rings. The number of nitrogens with zero attached hydrogens (tertiary/aromatic N) is 2. The monoisotopic (exact) mass is 1080 g/mol. The zero-order chi connectivity index (χ0) is 52.7. The van der Waals surface area contributed by atoms with Gasteiger partial charge in [-0.2, -0.15) is 4.58 Å². The molecule has 0 spiro atoms. The van der Waals surface area contributed by atoms with Crippen molar-refractivity contribution < 1.29 is 84.3 Å². The van der Waals surface area contributed by atoms with Crippen LogP contribution in [0.4, 0.5) is 11.4 Å². The maximum atomic E-state index is 13.8. The number of sulfonamides is 1. The number of allylic oxidation sites excluding steroid dienone is 4. The zero-order valence-corrected chi connectivity index (χ0v) is 43.2. The number of carboxylic acid groups (broad SMARTS) is 1. The first-order valence-electron chi connectivity index (χ1n) is 21.9. The van der Waals surface area contributed by atoms with Gasteiger partial charge in [0.25, 0.3) is 0 Å². The topological polar surface area (TPSA) is 337 Å². The Morgan fingerprint density at radius 2 is 1.32 bits per heavy atom. The smallest absolute Gasteiger partial charge is 0.303 e. The zero-order valence-electron chi connectivity index (χ0n) is 39.2. The first kappa shape index (κ1) is 55.6. The lowest BCUT2D eigenvalue weighted by atomic mass is 9.75. The lowest BCUT2D eigenvalue weighted by Gasteiger charge is -2.31. The van der Waals surface area contributed by atoms with Crippen LogP contribution in [0.25, 0.3) is 21.5 Å². The number of carboxylic acids is 1. The maximum absolute atomic E-state index is 13.8.